The third-order valence-corrected chi connectivity index (χ3v) is 8.48. The van der Waals surface area contributed by atoms with Crippen LogP contribution in [0.15, 0.2) is 109 Å². The maximum atomic E-state index is 14.6. The van der Waals surface area contributed by atoms with E-state index in [4.69, 9.17) is 0 Å². The van der Waals surface area contributed by atoms with Gasteiger partial charge in [0.15, 0.2) is 17.3 Å². The third kappa shape index (κ3) is 3.09. The topological polar surface area (TPSA) is 97.6 Å². The Kier molecular flexibility index (Phi) is 5.19. The molecular formula is C33H22N2O5. The predicted octanol–water partition coefficient (Wildman–Crippen LogP) is 5.91. The van der Waals surface area contributed by atoms with Crippen molar-refractivity contribution in [1.82, 2.24) is 0 Å². The highest BCUT2D eigenvalue weighted by atomic mass is 16.6. The van der Waals surface area contributed by atoms with Crippen molar-refractivity contribution in [3.63, 3.8) is 0 Å². The number of non-ortho nitro benzene ring substituents is 1. The van der Waals surface area contributed by atoms with Crippen LogP contribution < -0.4 is 4.90 Å². The lowest BCUT2D eigenvalue weighted by Gasteiger charge is -2.37. The van der Waals surface area contributed by atoms with Crippen LogP contribution in [0.25, 0.3) is 6.08 Å². The Bertz CT molecular complexity index is 1740. The number of benzene rings is 4. The molecule has 1 spiro atoms. The zero-order valence-corrected chi connectivity index (χ0v) is 21.1. The Morgan fingerprint density at radius 3 is 2.15 bits per heavy atom. The van der Waals surface area contributed by atoms with Gasteiger partial charge in [-0.3, -0.25) is 24.5 Å². The quantitative estimate of drug-likeness (QED) is 0.142. The Morgan fingerprint density at radius 2 is 1.45 bits per heavy atom. The van der Waals surface area contributed by atoms with Gasteiger partial charge in [0.05, 0.1) is 11.0 Å². The molecule has 7 nitrogen and oxygen atoms in total. The van der Waals surface area contributed by atoms with E-state index in [0.29, 0.717) is 16.7 Å². The smallest absolute Gasteiger partial charge is 0.270 e. The molecular weight excluding hydrogens is 504 g/mol. The van der Waals surface area contributed by atoms with E-state index in [1.165, 1.54) is 18.2 Å². The second-order valence-corrected chi connectivity index (χ2v) is 10.3. The van der Waals surface area contributed by atoms with Gasteiger partial charge in [-0.1, -0.05) is 97.1 Å². The van der Waals surface area contributed by atoms with E-state index >= 15 is 0 Å². The molecule has 3 atom stereocenters. The molecule has 4 aromatic carbocycles. The number of ketones is 3. The molecule has 3 aliphatic rings. The van der Waals surface area contributed by atoms with Crippen molar-refractivity contribution in [2.24, 2.45) is 5.41 Å². The van der Waals surface area contributed by atoms with Crippen LogP contribution in [-0.2, 0) is 0 Å². The lowest BCUT2D eigenvalue weighted by molar-refractivity contribution is -0.384. The first-order chi connectivity index (χ1) is 19.4. The highest BCUT2D eigenvalue weighted by Crippen LogP contribution is 2.60. The van der Waals surface area contributed by atoms with Crippen LogP contribution in [-0.4, -0.2) is 34.4 Å². The Morgan fingerprint density at radius 1 is 0.800 bits per heavy atom. The Labute approximate surface area is 229 Å². The van der Waals surface area contributed by atoms with Crippen molar-refractivity contribution in [3.8, 4) is 0 Å². The van der Waals surface area contributed by atoms with Crippen LogP contribution in [0.4, 0.5) is 11.4 Å². The van der Waals surface area contributed by atoms with Crippen molar-refractivity contribution in [3.05, 3.63) is 147 Å². The second-order valence-electron chi connectivity index (χ2n) is 10.3. The minimum atomic E-state index is -1.60. The Balaban J connectivity index is 1.53. The average Bonchev–Trinajstić information content (AvgIpc) is 3.43. The molecule has 2 heterocycles. The first-order valence-corrected chi connectivity index (χ1v) is 13.0. The summed E-state index contributed by atoms with van der Waals surface area (Å²) < 4.78 is 0. The van der Waals surface area contributed by atoms with E-state index in [1.807, 2.05) is 71.6 Å². The first-order valence-electron chi connectivity index (χ1n) is 13.0. The summed E-state index contributed by atoms with van der Waals surface area (Å²) in [5, 5.41) is 11.6. The van der Waals surface area contributed by atoms with Gasteiger partial charge in [0.25, 0.3) is 5.69 Å². The molecule has 40 heavy (non-hydrogen) atoms. The summed E-state index contributed by atoms with van der Waals surface area (Å²) in [6.45, 7) is 0. The van der Waals surface area contributed by atoms with Crippen molar-refractivity contribution in [2.45, 2.75) is 18.0 Å². The second kappa shape index (κ2) is 8.68. The van der Waals surface area contributed by atoms with E-state index in [1.54, 1.807) is 30.3 Å². The lowest BCUT2D eigenvalue weighted by Crippen LogP contribution is -2.48. The summed E-state index contributed by atoms with van der Waals surface area (Å²) in [4.78, 5) is 56.6. The normalized spacial score (nSPS) is 21.7. The summed E-state index contributed by atoms with van der Waals surface area (Å²) in [7, 11) is 0. The van der Waals surface area contributed by atoms with Gasteiger partial charge < -0.3 is 4.90 Å². The van der Waals surface area contributed by atoms with Gasteiger partial charge in [-0.2, -0.15) is 0 Å². The predicted molar refractivity (Wildman–Crippen MR) is 150 cm³/mol. The number of hydrogen-bond acceptors (Lipinski definition) is 6. The molecule has 0 N–H and O–H groups in total. The summed E-state index contributed by atoms with van der Waals surface area (Å²) in [5.41, 5.74) is 1.32. The number of rotatable bonds is 4. The van der Waals surface area contributed by atoms with E-state index in [-0.39, 0.29) is 28.6 Å². The summed E-state index contributed by atoms with van der Waals surface area (Å²) in [5.74, 6) is -1.86. The molecule has 4 aromatic rings. The van der Waals surface area contributed by atoms with Gasteiger partial charge in [-0.25, -0.2) is 0 Å². The van der Waals surface area contributed by atoms with Gasteiger partial charge >= 0.3 is 0 Å². The molecule has 7 heteroatoms. The monoisotopic (exact) mass is 526 g/mol. The van der Waals surface area contributed by atoms with Gasteiger partial charge in [0.2, 0.25) is 0 Å². The molecule has 0 unspecified atom stereocenters. The Hall–Kier alpha value is -5.17. The van der Waals surface area contributed by atoms with E-state index in [2.05, 4.69) is 0 Å². The minimum absolute atomic E-state index is 0.151. The van der Waals surface area contributed by atoms with Gasteiger partial charge in [-0.15, -0.1) is 0 Å². The van der Waals surface area contributed by atoms with Crippen LogP contribution in [0, 0.1) is 15.5 Å². The number of nitro benzene ring substituents is 1. The standard InChI is InChI=1S/C33H22N2O5/c36-30(22-12-8-13-23(19-22)35(39)40)29-28(21-10-2-1-3-11-21)33(31(37)24-14-5-6-15-25(24)32(33)38)27-18-17-20-9-4-7-16-26(20)34(27)29/h1-19,27-29H/t27-,28+,29-/m1/s1. The number of nitrogens with zero attached hydrogens (tertiary/aromatic N) is 2. The molecule has 0 aromatic heterocycles. The summed E-state index contributed by atoms with van der Waals surface area (Å²) in [6, 6.07) is 27.5. The van der Waals surface area contributed by atoms with E-state index in [0.717, 1.165) is 11.3 Å². The molecule has 7 rings (SSSR count). The summed E-state index contributed by atoms with van der Waals surface area (Å²) >= 11 is 0. The molecule has 194 valence electrons. The number of hydrogen-bond donors (Lipinski definition) is 0. The lowest BCUT2D eigenvalue weighted by atomic mass is 9.64. The van der Waals surface area contributed by atoms with E-state index in [9.17, 15) is 24.5 Å². The number of fused-ring (bicyclic) bond motifs is 5. The zero-order valence-electron chi connectivity index (χ0n) is 21.1. The molecule has 2 aliphatic heterocycles. The fraction of sp³-hybridized carbons (Fsp3) is 0.121. The highest BCUT2D eigenvalue weighted by molar-refractivity contribution is 6.32. The number of nitro groups is 1. The van der Waals surface area contributed by atoms with Crippen molar-refractivity contribution >= 4 is 34.8 Å². The van der Waals surface area contributed by atoms with Crippen LogP contribution in [0.3, 0.4) is 0 Å². The van der Waals surface area contributed by atoms with Crippen molar-refractivity contribution < 1.29 is 19.3 Å². The van der Waals surface area contributed by atoms with Crippen LogP contribution in [0.5, 0.6) is 0 Å². The van der Waals surface area contributed by atoms with Crippen molar-refractivity contribution in [1.29, 1.82) is 0 Å². The molecule has 0 amide bonds. The minimum Gasteiger partial charge on any atom is -0.352 e. The third-order valence-electron chi connectivity index (χ3n) is 8.48. The molecule has 0 saturated carbocycles. The molecule has 1 aliphatic carbocycles. The fourth-order valence-corrected chi connectivity index (χ4v) is 6.89. The SMILES string of the molecule is O=C(c1cccc([N+](=O)[O-])c1)[C@H]1[C@H](c2ccccc2)C2(C(=O)c3ccccc3C2=O)[C@H]2C=Cc3ccccc3N12. The largest absolute Gasteiger partial charge is 0.352 e. The summed E-state index contributed by atoms with van der Waals surface area (Å²) in [6.07, 6.45) is 3.77. The highest BCUT2D eigenvalue weighted by Gasteiger charge is 2.71. The number of carbonyl (C=O) groups is 3. The molecule has 0 bridgehead atoms. The molecule has 0 radical (unpaired) electrons. The van der Waals surface area contributed by atoms with Gasteiger partial charge in [0, 0.05) is 40.4 Å². The number of anilines is 1. The number of carbonyl (C=O) groups excluding carboxylic acids is 3. The maximum Gasteiger partial charge on any atom is 0.270 e. The molecule has 1 saturated heterocycles. The zero-order chi connectivity index (χ0) is 27.6. The van der Waals surface area contributed by atoms with Crippen LogP contribution in [0.2, 0.25) is 0 Å². The van der Waals surface area contributed by atoms with Gasteiger partial charge in [-0.05, 0) is 17.2 Å². The molecule has 1 fully saturated rings. The van der Waals surface area contributed by atoms with Crippen LogP contribution in [0.1, 0.15) is 48.1 Å². The van der Waals surface area contributed by atoms with Crippen LogP contribution >= 0.6 is 0 Å². The van der Waals surface area contributed by atoms with Gasteiger partial charge in [0.1, 0.15) is 11.5 Å². The fourth-order valence-electron chi connectivity index (χ4n) is 6.89. The van der Waals surface area contributed by atoms with E-state index < -0.39 is 28.3 Å². The maximum absolute atomic E-state index is 14.6. The van der Waals surface area contributed by atoms with Crippen molar-refractivity contribution in [2.75, 3.05) is 4.90 Å². The average molecular weight is 527 g/mol. The number of para-hydroxylation sites is 1. The number of Topliss-reactive ketones (excluding diaryl/α,β-unsaturated/α-hetero) is 3. The first kappa shape index (κ1) is 23.9.